The number of nitro groups is 2. The van der Waals surface area contributed by atoms with Crippen molar-refractivity contribution in [2.75, 3.05) is 18.0 Å². The van der Waals surface area contributed by atoms with Gasteiger partial charge >= 0.3 is 11.4 Å². The van der Waals surface area contributed by atoms with Gasteiger partial charge in [0.2, 0.25) is 0 Å². The molecule has 3 aromatic carbocycles. The van der Waals surface area contributed by atoms with Crippen LogP contribution in [-0.2, 0) is 0 Å². The Morgan fingerprint density at radius 1 is 0.315 bits per heavy atom. The molecule has 73 heavy (non-hydrogen) atoms. The van der Waals surface area contributed by atoms with Gasteiger partial charge in [-0.3, -0.25) is 20.2 Å². The zero-order valence-electron chi connectivity index (χ0n) is 46.8. The molecule has 0 atom stereocenters. The van der Waals surface area contributed by atoms with Crippen molar-refractivity contribution >= 4 is 41.4 Å². The Morgan fingerprint density at radius 2 is 0.548 bits per heavy atom. The second-order valence-electron chi connectivity index (χ2n) is 21.6. The minimum Gasteiger partial charge on any atom is -0.372 e. The third-order valence-corrected chi connectivity index (χ3v) is 15.1. The largest absolute Gasteiger partial charge is 0.372 e. The molecule has 3 aromatic rings. The van der Waals surface area contributed by atoms with Crippen LogP contribution in [0.4, 0.5) is 17.1 Å². The first kappa shape index (κ1) is 63.0. The third kappa shape index (κ3) is 32.6. The Hall–Kier alpha value is -4.26. The lowest BCUT2D eigenvalue weighted by atomic mass is 10.0. The lowest BCUT2D eigenvalue weighted by Crippen LogP contribution is -2.25. The standard InChI is InChI=1S/C66H105N3O4/c1-3-5-7-9-11-13-15-17-19-21-23-25-27-29-31-33-35-37-39-41-57-67(58-42-40-38-36-34-32-30-28-26-24-22-20-18-16-14-12-10-8-6-4-2)64-54-51-62(52-55-64)48-47-60-43-45-61(46-44-60)49-50-63-53-56-65(68(70)71)66(59-63)69(72)73/h43-56,59H,3-42,57-58H2,1-2H3/b48-47+,50-49+. The minimum absolute atomic E-state index is 0.507. The zero-order valence-corrected chi connectivity index (χ0v) is 46.8. The second kappa shape index (κ2) is 44.1. The molecule has 0 heterocycles. The summed E-state index contributed by atoms with van der Waals surface area (Å²) in [5.41, 5.74) is 4.03. The molecule has 0 radical (unpaired) electrons. The van der Waals surface area contributed by atoms with Crippen molar-refractivity contribution in [1.29, 1.82) is 0 Å². The van der Waals surface area contributed by atoms with Crippen LogP contribution in [0.1, 0.15) is 293 Å². The smallest absolute Gasteiger partial charge is 0.346 e. The summed E-state index contributed by atoms with van der Waals surface area (Å²) in [5.74, 6) is 0. The zero-order chi connectivity index (χ0) is 52.1. The summed E-state index contributed by atoms with van der Waals surface area (Å²) >= 11 is 0. The van der Waals surface area contributed by atoms with Gasteiger partial charge in [-0.25, -0.2) is 0 Å². The van der Waals surface area contributed by atoms with Crippen LogP contribution >= 0.6 is 0 Å². The number of benzene rings is 3. The molecule has 0 saturated heterocycles. The Kier molecular flexibility index (Phi) is 38.1. The van der Waals surface area contributed by atoms with E-state index in [1.54, 1.807) is 6.08 Å². The van der Waals surface area contributed by atoms with E-state index in [1.165, 1.54) is 286 Å². The summed E-state index contributed by atoms with van der Waals surface area (Å²) in [7, 11) is 0. The van der Waals surface area contributed by atoms with Crippen LogP contribution in [-0.4, -0.2) is 22.9 Å². The molecule has 0 spiro atoms. The average Bonchev–Trinajstić information content (AvgIpc) is 3.40. The fourth-order valence-electron chi connectivity index (χ4n) is 10.3. The van der Waals surface area contributed by atoms with Crippen LogP contribution in [0.25, 0.3) is 24.3 Å². The van der Waals surface area contributed by atoms with Gasteiger partial charge < -0.3 is 4.90 Å². The Bertz CT molecular complexity index is 1810. The summed E-state index contributed by atoms with van der Waals surface area (Å²) in [6, 6.07) is 21.1. The fraction of sp³-hybridized carbons (Fsp3) is 0.667. The average molecular weight is 1000 g/mol. The van der Waals surface area contributed by atoms with Crippen molar-refractivity contribution < 1.29 is 9.85 Å². The lowest BCUT2D eigenvalue weighted by molar-refractivity contribution is -0.422. The van der Waals surface area contributed by atoms with Gasteiger partial charge in [-0.05, 0) is 53.3 Å². The topological polar surface area (TPSA) is 89.5 Å². The molecule has 0 fully saturated rings. The predicted molar refractivity (Wildman–Crippen MR) is 319 cm³/mol. The maximum absolute atomic E-state index is 11.4. The normalized spacial score (nSPS) is 11.6. The van der Waals surface area contributed by atoms with Crippen LogP contribution in [0.5, 0.6) is 0 Å². The molecular formula is C66H105N3O4. The number of unbranched alkanes of at least 4 members (excludes halogenated alkanes) is 38. The van der Waals surface area contributed by atoms with E-state index in [9.17, 15) is 20.2 Å². The molecule has 0 amide bonds. The molecule has 0 aliphatic carbocycles. The highest BCUT2D eigenvalue weighted by atomic mass is 16.6. The molecule has 7 heteroatoms. The van der Waals surface area contributed by atoms with Crippen molar-refractivity contribution in [3.8, 4) is 0 Å². The summed E-state index contributed by atoms with van der Waals surface area (Å²) in [6.45, 7) is 6.87. The Morgan fingerprint density at radius 3 is 0.822 bits per heavy atom. The van der Waals surface area contributed by atoms with Gasteiger partial charge in [0.05, 0.1) is 9.85 Å². The summed E-state index contributed by atoms with van der Waals surface area (Å²) in [4.78, 5) is 23.8. The highest BCUT2D eigenvalue weighted by molar-refractivity contribution is 5.74. The van der Waals surface area contributed by atoms with Crippen LogP contribution < -0.4 is 4.90 Å². The molecule has 408 valence electrons. The summed E-state index contributed by atoms with van der Waals surface area (Å²) in [5, 5.41) is 22.5. The predicted octanol–water partition coefficient (Wildman–Crippen LogP) is 22.3. The minimum atomic E-state index is -0.727. The van der Waals surface area contributed by atoms with Gasteiger partial charge in [0, 0.05) is 30.9 Å². The van der Waals surface area contributed by atoms with Crippen LogP contribution in [0.3, 0.4) is 0 Å². The van der Waals surface area contributed by atoms with E-state index < -0.39 is 21.2 Å². The molecule has 0 saturated carbocycles. The van der Waals surface area contributed by atoms with E-state index in [0.29, 0.717) is 5.56 Å². The summed E-state index contributed by atoms with van der Waals surface area (Å²) < 4.78 is 0. The maximum atomic E-state index is 11.4. The van der Waals surface area contributed by atoms with Crippen LogP contribution in [0.15, 0.2) is 66.7 Å². The van der Waals surface area contributed by atoms with Gasteiger partial charge in [-0.1, -0.05) is 319 Å². The molecule has 3 rings (SSSR count). The first-order valence-corrected chi connectivity index (χ1v) is 30.6. The molecule has 7 nitrogen and oxygen atoms in total. The summed E-state index contributed by atoms with van der Waals surface area (Å²) in [6.07, 6.45) is 64.3. The molecule has 0 aromatic heterocycles. The molecule has 0 N–H and O–H groups in total. The van der Waals surface area contributed by atoms with Crippen molar-refractivity contribution in [2.45, 2.75) is 271 Å². The molecular weight excluding hydrogens is 899 g/mol. The number of nitro benzene ring substituents is 2. The van der Waals surface area contributed by atoms with Gasteiger partial charge in [-0.2, -0.15) is 0 Å². The van der Waals surface area contributed by atoms with E-state index in [-0.39, 0.29) is 0 Å². The van der Waals surface area contributed by atoms with Gasteiger partial charge in [0.1, 0.15) is 0 Å². The number of nitrogens with zero attached hydrogens (tertiary/aromatic N) is 3. The van der Waals surface area contributed by atoms with Crippen molar-refractivity contribution in [1.82, 2.24) is 0 Å². The van der Waals surface area contributed by atoms with E-state index in [1.807, 2.05) is 30.3 Å². The number of hydrogen-bond donors (Lipinski definition) is 0. The Labute approximate surface area is 447 Å². The third-order valence-electron chi connectivity index (χ3n) is 15.1. The van der Waals surface area contributed by atoms with Crippen LogP contribution in [0.2, 0.25) is 0 Å². The second-order valence-corrected chi connectivity index (χ2v) is 21.6. The van der Waals surface area contributed by atoms with E-state index in [2.05, 4.69) is 55.2 Å². The first-order valence-electron chi connectivity index (χ1n) is 30.6. The molecule has 0 aliphatic rings. The van der Waals surface area contributed by atoms with Gasteiger partial charge in [0.25, 0.3) is 0 Å². The SMILES string of the molecule is CCCCCCCCCCCCCCCCCCCCCCN(CCCCCCCCCCCCCCCCCCCCCC)c1ccc(/C=C/c2ccc(/C=C/c3ccc([N+](=O)[O-])c([N+](=O)[O-])c3)cc2)cc1. The molecule has 0 aliphatic heterocycles. The monoisotopic (exact) mass is 1000 g/mol. The number of hydrogen-bond acceptors (Lipinski definition) is 5. The first-order chi connectivity index (χ1) is 35.9. The number of anilines is 1. The molecule has 0 bridgehead atoms. The van der Waals surface area contributed by atoms with Gasteiger partial charge in [0.15, 0.2) is 0 Å². The quantitative estimate of drug-likeness (QED) is 0.0243. The van der Waals surface area contributed by atoms with Crippen LogP contribution in [0, 0.1) is 20.2 Å². The molecule has 0 unspecified atom stereocenters. The highest BCUT2D eigenvalue weighted by Crippen LogP contribution is 2.29. The van der Waals surface area contributed by atoms with E-state index in [0.717, 1.165) is 24.2 Å². The van der Waals surface area contributed by atoms with Crippen molar-refractivity contribution in [3.63, 3.8) is 0 Å². The Balaban J connectivity index is 1.35. The lowest BCUT2D eigenvalue weighted by Gasteiger charge is -2.25. The maximum Gasteiger partial charge on any atom is 0.346 e. The van der Waals surface area contributed by atoms with E-state index in [4.69, 9.17) is 0 Å². The van der Waals surface area contributed by atoms with Crippen molar-refractivity contribution in [2.24, 2.45) is 0 Å². The number of rotatable bonds is 49. The van der Waals surface area contributed by atoms with E-state index >= 15 is 0 Å². The highest BCUT2D eigenvalue weighted by Gasteiger charge is 2.23. The van der Waals surface area contributed by atoms with Crippen molar-refractivity contribution in [3.05, 3.63) is 109 Å². The fourth-order valence-corrected chi connectivity index (χ4v) is 10.3. The van der Waals surface area contributed by atoms with Gasteiger partial charge in [-0.15, -0.1) is 0 Å².